The summed E-state index contributed by atoms with van der Waals surface area (Å²) >= 11 is 6.23. The number of benzene rings is 1. The van der Waals surface area contributed by atoms with Crippen LogP contribution in [0.5, 0.6) is 0 Å². The molecule has 1 unspecified atom stereocenters. The fraction of sp³-hybridized carbons (Fsp3) is 0.533. The number of nitriles is 1. The van der Waals surface area contributed by atoms with Crippen molar-refractivity contribution in [1.29, 1.82) is 5.26 Å². The van der Waals surface area contributed by atoms with Gasteiger partial charge in [0.1, 0.15) is 0 Å². The van der Waals surface area contributed by atoms with E-state index in [4.69, 9.17) is 22.6 Å². The highest BCUT2D eigenvalue weighted by molar-refractivity contribution is 6.31. The number of likely N-dealkylation sites (tertiary alicyclic amines) is 1. The molecule has 1 aromatic rings. The van der Waals surface area contributed by atoms with Crippen LogP contribution in [0.3, 0.4) is 0 Å². The molecule has 102 valence electrons. The smallest absolute Gasteiger partial charge is 0.0992 e. The third kappa shape index (κ3) is 3.94. The molecule has 0 bridgehead atoms. The van der Waals surface area contributed by atoms with Crippen LogP contribution in [0.4, 0.5) is 0 Å². The van der Waals surface area contributed by atoms with Gasteiger partial charge in [0.15, 0.2) is 0 Å². The quantitative estimate of drug-likeness (QED) is 0.921. The molecule has 1 fully saturated rings. The number of nitrogens with two attached hydrogens (primary N) is 1. The number of nitrogens with zero attached hydrogens (tertiary/aromatic N) is 2. The molecule has 1 atom stereocenters. The Hall–Kier alpha value is -1.08. The number of hydrogen-bond donors (Lipinski definition) is 1. The molecule has 3 nitrogen and oxygen atoms in total. The van der Waals surface area contributed by atoms with E-state index in [1.165, 1.54) is 12.8 Å². The summed E-state index contributed by atoms with van der Waals surface area (Å²) in [7, 11) is 0. The Morgan fingerprint density at radius 3 is 3.00 bits per heavy atom. The fourth-order valence-corrected chi connectivity index (χ4v) is 2.99. The molecule has 19 heavy (non-hydrogen) atoms. The maximum absolute atomic E-state index is 8.84. The minimum atomic E-state index is 0.619. The molecule has 0 aliphatic carbocycles. The molecule has 0 spiro atoms. The van der Waals surface area contributed by atoms with Crippen molar-refractivity contribution in [2.45, 2.75) is 25.8 Å². The van der Waals surface area contributed by atoms with Gasteiger partial charge in [-0.1, -0.05) is 17.7 Å². The van der Waals surface area contributed by atoms with Gasteiger partial charge in [0.25, 0.3) is 0 Å². The van der Waals surface area contributed by atoms with E-state index in [9.17, 15) is 0 Å². The van der Waals surface area contributed by atoms with E-state index in [0.717, 1.165) is 44.1 Å². The monoisotopic (exact) mass is 277 g/mol. The third-order valence-electron chi connectivity index (χ3n) is 3.75. The second-order valence-electron chi connectivity index (χ2n) is 5.24. The largest absolute Gasteiger partial charge is 0.330 e. The summed E-state index contributed by atoms with van der Waals surface area (Å²) in [5.74, 6) is 0.718. The molecule has 1 aromatic carbocycles. The zero-order chi connectivity index (χ0) is 13.7. The minimum Gasteiger partial charge on any atom is -0.330 e. The number of rotatable bonds is 4. The highest BCUT2D eigenvalue weighted by Crippen LogP contribution is 2.24. The number of hydrogen-bond acceptors (Lipinski definition) is 3. The van der Waals surface area contributed by atoms with Crippen LogP contribution >= 0.6 is 11.6 Å². The Kier molecular flexibility index (Phi) is 5.21. The molecule has 0 saturated carbocycles. The summed E-state index contributed by atoms with van der Waals surface area (Å²) in [5, 5.41) is 9.53. The van der Waals surface area contributed by atoms with Gasteiger partial charge in [-0.25, -0.2) is 0 Å². The SMILES string of the molecule is N#Cc1ccc(CN2CCCC(CCN)C2)c(Cl)c1. The standard InChI is InChI=1S/C15H20ClN3/c16-15-8-13(9-18)3-4-14(15)11-19-7-1-2-12(10-19)5-6-17/h3-4,8,12H,1-2,5-7,10-11,17H2. The summed E-state index contributed by atoms with van der Waals surface area (Å²) in [6, 6.07) is 7.66. The van der Waals surface area contributed by atoms with Crippen LogP contribution in [0.15, 0.2) is 18.2 Å². The molecule has 4 heteroatoms. The van der Waals surface area contributed by atoms with Crippen molar-refractivity contribution in [3.05, 3.63) is 34.3 Å². The second-order valence-corrected chi connectivity index (χ2v) is 5.65. The van der Waals surface area contributed by atoms with Crippen molar-refractivity contribution in [1.82, 2.24) is 4.90 Å². The van der Waals surface area contributed by atoms with Crippen LogP contribution in [-0.2, 0) is 6.54 Å². The van der Waals surface area contributed by atoms with Crippen LogP contribution in [0.25, 0.3) is 0 Å². The normalized spacial score (nSPS) is 20.2. The summed E-state index contributed by atoms with van der Waals surface area (Å²) < 4.78 is 0. The van der Waals surface area contributed by atoms with E-state index < -0.39 is 0 Å². The first-order chi connectivity index (χ1) is 9.22. The van der Waals surface area contributed by atoms with Crippen LogP contribution < -0.4 is 5.73 Å². The van der Waals surface area contributed by atoms with Gasteiger partial charge in [-0.05, 0) is 56.0 Å². The first-order valence-electron chi connectivity index (χ1n) is 6.84. The summed E-state index contributed by atoms with van der Waals surface area (Å²) in [6.45, 7) is 3.87. The first kappa shape index (κ1) is 14.3. The predicted octanol–water partition coefficient (Wildman–Crippen LogP) is 2.77. The van der Waals surface area contributed by atoms with Crippen LogP contribution in [0.1, 0.15) is 30.4 Å². The van der Waals surface area contributed by atoms with Gasteiger partial charge >= 0.3 is 0 Å². The Bertz CT molecular complexity index is 465. The van der Waals surface area contributed by atoms with E-state index in [0.29, 0.717) is 10.6 Å². The van der Waals surface area contributed by atoms with E-state index in [1.807, 2.05) is 12.1 Å². The molecule has 2 rings (SSSR count). The zero-order valence-corrected chi connectivity index (χ0v) is 11.9. The molecular formula is C15H20ClN3. The van der Waals surface area contributed by atoms with Gasteiger partial charge in [-0.3, -0.25) is 4.90 Å². The average Bonchev–Trinajstić information content (AvgIpc) is 2.42. The molecule has 1 aliphatic rings. The average molecular weight is 278 g/mol. The van der Waals surface area contributed by atoms with Crippen molar-refractivity contribution in [2.24, 2.45) is 11.7 Å². The highest BCUT2D eigenvalue weighted by Gasteiger charge is 2.19. The lowest BCUT2D eigenvalue weighted by atomic mass is 9.94. The Morgan fingerprint density at radius 1 is 1.47 bits per heavy atom. The lowest BCUT2D eigenvalue weighted by Crippen LogP contribution is -2.35. The van der Waals surface area contributed by atoms with Gasteiger partial charge in [-0.2, -0.15) is 5.26 Å². The van der Waals surface area contributed by atoms with E-state index in [-0.39, 0.29) is 0 Å². The van der Waals surface area contributed by atoms with E-state index in [2.05, 4.69) is 11.0 Å². The van der Waals surface area contributed by atoms with Crippen molar-refractivity contribution in [3.63, 3.8) is 0 Å². The number of halogens is 1. The third-order valence-corrected chi connectivity index (χ3v) is 4.11. The molecule has 0 radical (unpaired) electrons. The molecule has 0 amide bonds. The van der Waals surface area contributed by atoms with E-state index in [1.54, 1.807) is 6.07 Å². The first-order valence-corrected chi connectivity index (χ1v) is 7.21. The van der Waals surface area contributed by atoms with Crippen LogP contribution in [0, 0.1) is 17.2 Å². The van der Waals surface area contributed by atoms with Crippen molar-refractivity contribution in [2.75, 3.05) is 19.6 Å². The summed E-state index contributed by atoms with van der Waals surface area (Å²) in [6.07, 6.45) is 3.63. The lowest BCUT2D eigenvalue weighted by Gasteiger charge is -2.32. The molecule has 1 heterocycles. The maximum Gasteiger partial charge on any atom is 0.0992 e. The maximum atomic E-state index is 8.84. The van der Waals surface area contributed by atoms with Gasteiger partial charge in [0.2, 0.25) is 0 Å². The van der Waals surface area contributed by atoms with Gasteiger partial charge in [-0.15, -0.1) is 0 Å². The van der Waals surface area contributed by atoms with Crippen molar-refractivity contribution >= 4 is 11.6 Å². The van der Waals surface area contributed by atoms with Gasteiger partial charge in [0.05, 0.1) is 11.6 Å². The Labute approximate surface area is 120 Å². The lowest BCUT2D eigenvalue weighted by molar-refractivity contribution is 0.163. The highest BCUT2D eigenvalue weighted by atomic mass is 35.5. The van der Waals surface area contributed by atoms with Gasteiger partial charge in [0, 0.05) is 18.1 Å². The minimum absolute atomic E-state index is 0.619. The number of piperidine rings is 1. The van der Waals surface area contributed by atoms with Crippen molar-refractivity contribution < 1.29 is 0 Å². The summed E-state index contributed by atoms with van der Waals surface area (Å²) in [4.78, 5) is 2.44. The Morgan fingerprint density at radius 2 is 2.32 bits per heavy atom. The molecule has 2 N–H and O–H groups in total. The van der Waals surface area contributed by atoms with Gasteiger partial charge < -0.3 is 5.73 Å². The molecule has 1 aliphatic heterocycles. The summed E-state index contributed by atoms with van der Waals surface area (Å²) in [5.41, 5.74) is 7.37. The topological polar surface area (TPSA) is 53.0 Å². The predicted molar refractivity (Wildman–Crippen MR) is 77.8 cm³/mol. The zero-order valence-electron chi connectivity index (χ0n) is 11.1. The molecule has 1 saturated heterocycles. The fourth-order valence-electron chi connectivity index (χ4n) is 2.75. The Balaban J connectivity index is 1.99. The van der Waals surface area contributed by atoms with Crippen molar-refractivity contribution in [3.8, 4) is 6.07 Å². The van der Waals surface area contributed by atoms with Crippen LogP contribution in [-0.4, -0.2) is 24.5 Å². The second kappa shape index (κ2) is 6.91. The van der Waals surface area contributed by atoms with E-state index >= 15 is 0 Å². The van der Waals surface area contributed by atoms with Crippen LogP contribution in [0.2, 0.25) is 5.02 Å². The molecular weight excluding hydrogens is 258 g/mol. The molecule has 0 aromatic heterocycles.